The SMILES string of the molecule is O=C(O)CC1CCN=C(Cc2ccccc2)C=C1C1CCC(CCC[C@H]2CN([C@@H](C(=O)O)C3CCCCC3)C[C@@H]2c2ccccc2)CC1. The molecule has 2 aliphatic carbocycles. The van der Waals surface area contributed by atoms with E-state index in [-0.39, 0.29) is 24.3 Å². The first kappa shape index (κ1) is 34.6. The number of carbonyl (C=O) groups is 2. The normalized spacial score (nSPS) is 27.9. The largest absolute Gasteiger partial charge is 0.481 e. The molecule has 2 aliphatic heterocycles. The number of hydrogen-bond acceptors (Lipinski definition) is 4. The molecular formula is C42H56N2O4. The molecule has 1 saturated heterocycles. The minimum atomic E-state index is -0.709. The maximum absolute atomic E-state index is 12.6. The molecule has 0 amide bonds. The predicted molar refractivity (Wildman–Crippen MR) is 192 cm³/mol. The second-order valence-electron chi connectivity index (χ2n) is 15.3. The van der Waals surface area contributed by atoms with E-state index in [1.54, 1.807) is 0 Å². The van der Waals surface area contributed by atoms with Gasteiger partial charge in [0.05, 0.1) is 6.42 Å². The summed E-state index contributed by atoms with van der Waals surface area (Å²) in [7, 11) is 0. The van der Waals surface area contributed by atoms with Gasteiger partial charge >= 0.3 is 11.9 Å². The van der Waals surface area contributed by atoms with Crippen LogP contribution in [0.3, 0.4) is 0 Å². The van der Waals surface area contributed by atoms with Gasteiger partial charge in [-0.05, 0) is 98.2 Å². The Morgan fingerprint density at radius 3 is 2.21 bits per heavy atom. The maximum Gasteiger partial charge on any atom is 0.321 e. The number of aliphatic imine (C=N–C) groups is 1. The van der Waals surface area contributed by atoms with Gasteiger partial charge in [-0.3, -0.25) is 19.5 Å². The van der Waals surface area contributed by atoms with Crippen LogP contribution in [-0.4, -0.2) is 58.4 Å². The number of allylic oxidation sites excluding steroid dienone is 2. The van der Waals surface area contributed by atoms with Crippen LogP contribution in [0.25, 0.3) is 0 Å². The Morgan fingerprint density at radius 1 is 0.812 bits per heavy atom. The van der Waals surface area contributed by atoms with Crippen LogP contribution < -0.4 is 0 Å². The van der Waals surface area contributed by atoms with Crippen molar-refractivity contribution in [2.45, 2.75) is 108 Å². The first-order chi connectivity index (χ1) is 23.4. The third kappa shape index (κ3) is 9.05. The third-order valence-corrected chi connectivity index (χ3v) is 12.2. The molecule has 258 valence electrons. The smallest absolute Gasteiger partial charge is 0.321 e. The van der Waals surface area contributed by atoms with Gasteiger partial charge in [-0.2, -0.15) is 0 Å². The minimum Gasteiger partial charge on any atom is -0.481 e. The molecule has 2 saturated carbocycles. The molecule has 2 N–H and O–H groups in total. The highest BCUT2D eigenvalue weighted by Crippen LogP contribution is 2.43. The molecule has 6 heteroatoms. The Balaban J connectivity index is 1.06. The van der Waals surface area contributed by atoms with E-state index in [0.29, 0.717) is 30.2 Å². The van der Waals surface area contributed by atoms with E-state index in [1.165, 1.54) is 48.8 Å². The lowest BCUT2D eigenvalue weighted by Gasteiger charge is -2.34. The van der Waals surface area contributed by atoms with Crippen molar-refractivity contribution in [3.05, 3.63) is 83.4 Å². The van der Waals surface area contributed by atoms with Gasteiger partial charge in [-0.25, -0.2) is 0 Å². The first-order valence-electron chi connectivity index (χ1n) is 19.0. The number of nitrogens with zero attached hydrogens (tertiary/aromatic N) is 2. The summed E-state index contributed by atoms with van der Waals surface area (Å²) < 4.78 is 0. The number of carboxylic acid groups (broad SMARTS) is 2. The van der Waals surface area contributed by atoms with Crippen LogP contribution in [-0.2, 0) is 16.0 Å². The monoisotopic (exact) mass is 652 g/mol. The van der Waals surface area contributed by atoms with E-state index in [2.05, 4.69) is 65.6 Å². The summed E-state index contributed by atoms with van der Waals surface area (Å²) in [6.07, 6.45) is 18.0. The van der Waals surface area contributed by atoms with Crippen molar-refractivity contribution >= 4 is 17.7 Å². The zero-order valence-corrected chi connectivity index (χ0v) is 28.7. The summed E-state index contributed by atoms with van der Waals surface area (Å²) in [5, 5.41) is 20.1. The Kier molecular flexibility index (Phi) is 12.2. The molecule has 0 bridgehead atoms. The van der Waals surface area contributed by atoms with Crippen LogP contribution in [0.1, 0.15) is 107 Å². The van der Waals surface area contributed by atoms with Gasteiger partial charge in [0, 0.05) is 37.7 Å². The number of rotatable bonds is 13. The molecule has 48 heavy (non-hydrogen) atoms. The topological polar surface area (TPSA) is 90.2 Å². The molecule has 2 aromatic carbocycles. The van der Waals surface area contributed by atoms with Crippen molar-refractivity contribution < 1.29 is 19.8 Å². The second-order valence-corrected chi connectivity index (χ2v) is 15.3. The highest BCUT2D eigenvalue weighted by molar-refractivity contribution is 5.97. The molecule has 0 radical (unpaired) electrons. The van der Waals surface area contributed by atoms with Crippen molar-refractivity contribution in [1.82, 2.24) is 4.90 Å². The molecule has 6 nitrogen and oxygen atoms in total. The molecule has 1 unspecified atom stereocenters. The summed E-state index contributed by atoms with van der Waals surface area (Å²) in [4.78, 5) is 31.7. The first-order valence-corrected chi connectivity index (χ1v) is 19.0. The number of hydrogen-bond donors (Lipinski definition) is 2. The van der Waals surface area contributed by atoms with Crippen LogP contribution in [0.4, 0.5) is 0 Å². The summed E-state index contributed by atoms with van der Waals surface area (Å²) >= 11 is 0. The van der Waals surface area contributed by atoms with E-state index in [4.69, 9.17) is 4.99 Å². The van der Waals surface area contributed by atoms with Crippen LogP contribution in [0.2, 0.25) is 0 Å². The van der Waals surface area contributed by atoms with E-state index in [0.717, 1.165) is 76.6 Å². The Labute approximate surface area is 287 Å². The lowest BCUT2D eigenvalue weighted by Crippen LogP contribution is -2.46. The second kappa shape index (κ2) is 16.9. The Hall–Kier alpha value is -3.25. The number of carboxylic acids is 2. The van der Waals surface area contributed by atoms with Crippen molar-refractivity contribution in [1.29, 1.82) is 0 Å². The zero-order valence-electron chi connectivity index (χ0n) is 28.7. The number of likely N-dealkylation sites (tertiary alicyclic amines) is 1. The van der Waals surface area contributed by atoms with Crippen LogP contribution in [0, 0.1) is 29.6 Å². The van der Waals surface area contributed by atoms with Gasteiger partial charge in [0.1, 0.15) is 6.04 Å². The third-order valence-electron chi connectivity index (χ3n) is 12.2. The Morgan fingerprint density at radius 2 is 1.52 bits per heavy atom. The molecule has 2 heterocycles. The van der Waals surface area contributed by atoms with Gasteiger partial charge in [-0.1, -0.05) is 98.3 Å². The minimum absolute atomic E-state index is 0.0737. The van der Waals surface area contributed by atoms with Crippen molar-refractivity contribution in [3.63, 3.8) is 0 Å². The van der Waals surface area contributed by atoms with Crippen LogP contribution in [0.5, 0.6) is 0 Å². The zero-order chi connectivity index (χ0) is 33.3. The van der Waals surface area contributed by atoms with Gasteiger partial charge in [-0.15, -0.1) is 0 Å². The van der Waals surface area contributed by atoms with E-state index < -0.39 is 11.9 Å². The van der Waals surface area contributed by atoms with Gasteiger partial charge in [0.15, 0.2) is 0 Å². The summed E-state index contributed by atoms with van der Waals surface area (Å²) in [6.45, 7) is 2.45. The summed E-state index contributed by atoms with van der Waals surface area (Å²) in [5.74, 6) is 1.06. The molecule has 4 aliphatic rings. The van der Waals surface area contributed by atoms with E-state index in [1.807, 2.05) is 6.07 Å². The highest BCUT2D eigenvalue weighted by atomic mass is 16.4. The molecule has 0 aromatic heterocycles. The fourth-order valence-electron chi connectivity index (χ4n) is 9.74. The standard InChI is InChI=1S/C42H56N2O4/c45-40(46)26-35-23-24-43-37(25-31-11-4-1-5-12-31)27-38(35)33-21-19-30(20-22-33)13-10-18-36-28-44(29-39(36)32-14-6-2-7-15-32)41(42(47)48)34-16-8-3-9-17-34/h1-2,4-7,11-12,14-15,27,30,33-36,39,41H,3,8-10,13,16-26,28-29H2,(H,45,46)(H,47,48)/t30?,33?,35?,36-,39+,41+/m0/s1. The summed E-state index contributed by atoms with van der Waals surface area (Å²) in [6, 6.07) is 21.0. The van der Waals surface area contributed by atoms with Crippen LogP contribution >= 0.6 is 0 Å². The molecule has 3 fully saturated rings. The number of benzene rings is 2. The fourth-order valence-corrected chi connectivity index (χ4v) is 9.74. The fraction of sp³-hybridized carbons (Fsp3) is 0.595. The average molecular weight is 653 g/mol. The molecule has 4 atom stereocenters. The number of aliphatic carboxylic acids is 2. The Bertz CT molecular complexity index is 1390. The maximum atomic E-state index is 12.6. The molecule has 6 rings (SSSR count). The highest BCUT2D eigenvalue weighted by Gasteiger charge is 2.42. The predicted octanol–water partition coefficient (Wildman–Crippen LogP) is 8.82. The van der Waals surface area contributed by atoms with Crippen LogP contribution in [0.15, 0.2) is 77.3 Å². The average Bonchev–Trinajstić information content (AvgIpc) is 3.41. The lowest BCUT2D eigenvalue weighted by atomic mass is 9.72. The molecule has 2 aromatic rings. The van der Waals surface area contributed by atoms with E-state index in [9.17, 15) is 19.8 Å². The van der Waals surface area contributed by atoms with E-state index >= 15 is 0 Å². The molecule has 0 spiro atoms. The summed E-state index contributed by atoms with van der Waals surface area (Å²) in [5.41, 5.74) is 5.05. The lowest BCUT2D eigenvalue weighted by molar-refractivity contribution is -0.145. The van der Waals surface area contributed by atoms with Gasteiger partial charge in [0.25, 0.3) is 0 Å². The quantitative estimate of drug-likeness (QED) is 0.226. The van der Waals surface area contributed by atoms with Crippen molar-refractivity contribution in [2.75, 3.05) is 19.6 Å². The molecular weight excluding hydrogens is 596 g/mol. The van der Waals surface area contributed by atoms with Crippen molar-refractivity contribution in [3.8, 4) is 0 Å². The van der Waals surface area contributed by atoms with Crippen molar-refractivity contribution in [2.24, 2.45) is 34.6 Å². The van der Waals surface area contributed by atoms with Gasteiger partial charge in [0.2, 0.25) is 0 Å². The van der Waals surface area contributed by atoms with Gasteiger partial charge < -0.3 is 10.2 Å².